The number of para-hydroxylation sites is 1. The Balaban J connectivity index is 1.99. The smallest absolute Gasteiger partial charge is 0.303 e. The van der Waals surface area contributed by atoms with Gasteiger partial charge in [-0.2, -0.15) is 0 Å². The van der Waals surface area contributed by atoms with Gasteiger partial charge in [0.1, 0.15) is 0 Å². The van der Waals surface area contributed by atoms with Crippen molar-refractivity contribution in [1.29, 1.82) is 0 Å². The highest BCUT2D eigenvalue weighted by Crippen LogP contribution is 2.09. The molecule has 0 amide bonds. The second-order valence-electron chi connectivity index (χ2n) is 5.72. The number of hydrogen-bond acceptors (Lipinski definition) is 1. The van der Waals surface area contributed by atoms with E-state index in [0.29, 0.717) is 6.42 Å². The normalized spacial score (nSPS) is 11.8. The van der Waals surface area contributed by atoms with Crippen LogP contribution >= 0.6 is 0 Å². The predicted molar refractivity (Wildman–Crippen MR) is 97.5 cm³/mol. The van der Waals surface area contributed by atoms with E-state index in [1.165, 1.54) is 11.1 Å². The van der Waals surface area contributed by atoms with Crippen LogP contribution in [-0.2, 0) is 11.2 Å². The summed E-state index contributed by atoms with van der Waals surface area (Å²) in [6, 6.07) is 20.4. The summed E-state index contributed by atoms with van der Waals surface area (Å²) in [6.07, 6.45) is 7.81. The summed E-state index contributed by atoms with van der Waals surface area (Å²) in [7, 11) is 0. The van der Waals surface area contributed by atoms with Crippen LogP contribution in [0.25, 0.3) is 0 Å². The molecule has 0 radical (unpaired) electrons. The predicted octanol–water partition coefficient (Wildman–Crippen LogP) is 3.28. The van der Waals surface area contributed by atoms with Crippen LogP contribution in [0.3, 0.4) is 0 Å². The van der Waals surface area contributed by atoms with E-state index in [-0.39, 0.29) is 6.42 Å². The first kappa shape index (κ1) is 17.7. The lowest BCUT2D eigenvalue weighted by Gasteiger charge is -2.01. The molecule has 0 saturated carbocycles. The van der Waals surface area contributed by atoms with Gasteiger partial charge in [0, 0.05) is 24.1 Å². The number of aliphatic carboxylic acids is 1. The molecule has 2 aromatic carbocycles. The SMILES string of the molecule is O=C(O)CCCC/C(C=[NH+]c1ccccc1)=C\Cc1ccccc1. The Bertz CT molecular complexity index is 675. The Morgan fingerprint density at radius 2 is 1.54 bits per heavy atom. The van der Waals surface area contributed by atoms with E-state index in [1.54, 1.807) is 0 Å². The number of unbranched alkanes of at least 4 members (excludes halogenated alkanes) is 1. The molecule has 0 aliphatic carbocycles. The van der Waals surface area contributed by atoms with Crippen molar-refractivity contribution < 1.29 is 14.9 Å². The van der Waals surface area contributed by atoms with Crippen LogP contribution in [-0.4, -0.2) is 17.3 Å². The van der Waals surface area contributed by atoms with Crippen molar-refractivity contribution in [2.24, 2.45) is 0 Å². The van der Waals surface area contributed by atoms with Crippen LogP contribution in [0.5, 0.6) is 0 Å². The van der Waals surface area contributed by atoms with E-state index in [4.69, 9.17) is 5.11 Å². The number of rotatable bonds is 9. The van der Waals surface area contributed by atoms with Gasteiger partial charge in [0.05, 0.1) is 0 Å². The molecule has 124 valence electrons. The van der Waals surface area contributed by atoms with Gasteiger partial charge >= 0.3 is 5.97 Å². The van der Waals surface area contributed by atoms with Crippen molar-refractivity contribution in [1.82, 2.24) is 0 Å². The van der Waals surface area contributed by atoms with Gasteiger partial charge in [-0.15, -0.1) is 0 Å². The number of carboxylic acid groups (broad SMARTS) is 1. The highest BCUT2D eigenvalue weighted by Gasteiger charge is 2.02. The van der Waals surface area contributed by atoms with E-state index in [0.717, 1.165) is 24.9 Å². The van der Waals surface area contributed by atoms with E-state index in [1.807, 2.05) is 54.7 Å². The van der Waals surface area contributed by atoms with Crippen LogP contribution in [0, 0.1) is 0 Å². The Labute approximate surface area is 143 Å². The van der Waals surface area contributed by atoms with Gasteiger partial charge in [0.15, 0.2) is 6.21 Å². The first-order valence-electron chi connectivity index (χ1n) is 8.33. The third-order valence-electron chi connectivity index (χ3n) is 3.75. The molecule has 0 aromatic heterocycles. The highest BCUT2D eigenvalue weighted by molar-refractivity contribution is 5.74. The molecule has 2 aromatic rings. The molecule has 0 unspecified atom stereocenters. The number of carbonyl (C=O) groups is 1. The molecule has 2 rings (SSSR count). The fraction of sp³-hybridized carbons (Fsp3) is 0.238. The Hall–Kier alpha value is -2.68. The minimum absolute atomic E-state index is 0.234. The van der Waals surface area contributed by atoms with Gasteiger partial charge in [-0.3, -0.25) is 4.79 Å². The molecule has 3 nitrogen and oxygen atoms in total. The summed E-state index contributed by atoms with van der Waals surface area (Å²) in [6.45, 7) is 0. The highest BCUT2D eigenvalue weighted by atomic mass is 16.4. The van der Waals surface area contributed by atoms with Gasteiger partial charge in [-0.1, -0.05) is 54.6 Å². The first-order chi connectivity index (χ1) is 11.7. The zero-order valence-electron chi connectivity index (χ0n) is 13.8. The lowest BCUT2D eigenvalue weighted by Crippen LogP contribution is -2.61. The molecule has 0 atom stereocenters. The minimum Gasteiger partial charge on any atom is -0.481 e. The largest absolute Gasteiger partial charge is 0.481 e. The molecule has 0 fully saturated rings. The van der Waals surface area contributed by atoms with E-state index >= 15 is 0 Å². The zero-order chi connectivity index (χ0) is 17.0. The molecule has 0 heterocycles. The molecule has 0 saturated heterocycles. The molecule has 0 spiro atoms. The molecular formula is C21H24NO2+. The lowest BCUT2D eigenvalue weighted by molar-refractivity contribution is -0.347. The molecule has 3 heteroatoms. The number of nitrogens with one attached hydrogen (secondary N) is 1. The summed E-state index contributed by atoms with van der Waals surface area (Å²) in [5.74, 6) is -0.726. The summed E-state index contributed by atoms with van der Waals surface area (Å²) in [4.78, 5) is 14.0. The summed E-state index contributed by atoms with van der Waals surface area (Å²) in [5, 5.41) is 8.75. The molecule has 0 aliphatic rings. The van der Waals surface area contributed by atoms with Gasteiger partial charge in [-0.05, 0) is 31.2 Å². The molecule has 0 aliphatic heterocycles. The van der Waals surface area contributed by atoms with Gasteiger partial charge in [-0.25, -0.2) is 4.99 Å². The van der Waals surface area contributed by atoms with E-state index in [2.05, 4.69) is 23.2 Å². The first-order valence-corrected chi connectivity index (χ1v) is 8.33. The van der Waals surface area contributed by atoms with Crippen LogP contribution in [0.15, 0.2) is 72.3 Å². The second-order valence-corrected chi connectivity index (χ2v) is 5.72. The van der Waals surface area contributed by atoms with E-state index in [9.17, 15) is 4.79 Å². The quantitative estimate of drug-likeness (QED) is 0.550. The lowest BCUT2D eigenvalue weighted by atomic mass is 10.0. The van der Waals surface area contributed by atoms with Crippen LogP contribution in [0.2, 0.25) is 0 Å². The third kappa shape index (κ3) is 7.05. The second kappa shape index (κ2) is 10.2. The Kier molecular flexibility index (Phi) is 7.48. The van der Waals surface area contributed by atoms with Crippen molar-refractivity contribution in [2.75, 3.05) is 0 Å². The van der Waals surface area contributed by atoms with Crippen molar-refractivity contribution in [3.05, 3.63) is 77.9 Å². The maximum absolute atomic E-state index is 10.6. The monoisotopic (exact) mass is 322 g/mol. The van der Waals surface area contributed by atoms with Crippen molar-refractivity contribution in [3.63, 3.8) is 0 Å². The van der Waals surface area contributed by atoms with Gasteiger partial charge < -0.3 is 5.11 Å². The summed E-state index contributed by atoms with van der Waals surface area (Å²) in [5.41, 5.74) is 3.52. The third-order valence-corrected chi connectivity index (χ3v) is 3.75. The number of carboxylic acids is 1. The molecule has 2 N–H and O–H groups in total. The average molecular weight is 322 g/mol. The average Bonchev–Trinajstić information content (AvgIpc) is 2.62. The molecule has 0 bridgehead atoms. The maximum atomic E-state index is 10.6. The van der Waals surface area contributed by atoms with Gasteiger partial charge in [0.25, 0.3) is 0 Å². The number of hydrogen-bond donors (Lipinski definition) is 2. The summed E-state index contributed by atoms with van der Waals surface area (Å²) < 4.78 is 0. The Morgan fingerprint density at radius 3 is 2.21 bits per heavy atom. The molecular weight excluding hydrogens is 298 g/mol. The standard InChI is InChI=1S/C21H23NO2/c23-21(24)14-8-7-11-19(16-15-18-9-3-1-4-10-18)17-22-20-12-5-2-6-13-20/h1-6,9-10,12-13,16-17H,7-8,11,14-15H2,(H,23,24)/p+1/b19-16+,22-17?. The fourth-order valence-corrected chi connectivity index (χ4v) is 2.41. The maximum Gasteiger partial charge on any atom is 0.303 e. The van der Waals surface area contributed by atoms with Gasteiger partial charge in [0.2, 0.25) is 5.69 Å². The van der Waals surface area contributed by atoms with Crippen molar-refractivity contribution in [3.8, 4) is 0 Å². The topological polar surface area (TPSA) is 51.3 Å². The van der Waals surface area contributed by atoms with E-state index < -0.39 is 5.97 Å². The number of benzene rings is 2. The molecule has 24 heavy (non-hydrogen) atoms. The fourth-order valence-electron chi connectivity index (χ4n) is 2.41. The zero-order valence-corrected chi connectivity index (χ0v) is 13.8. The Morgan fingerprint density at radius 1 is 0.917 bits per heavy atom. The van der Waals surface area contributed by atoms with Crippen LogP contribution < -0.4 is 4.99 Å². The van der Waals surface area contributed by atoms with Crippen LogP contribution in [0.4, 0.5) is 5.69 Å². The van der Waals surface area contributed by atoms with Crippen molar-refractivity contribution >= 4 is 17.9 Å². The van der Waals surface area contributed by atoms with Crippen LogP contribution in [0.1, 0.15) is 31.2 Å². The van der Waals surface area contributed by atoms with Crippen molar-refractivity contribution in [2.45, 2.75) is 32.1 Å². The number of allylic oxidation sites excluding steroid dienone is 2. The minimum atomic E-state index is -0.726. The summed E-state index contributed by atoms with van der Waals surface area (Å²) >= 11 is 0.